The highest BCUT2D eigenvalue weighted by Crippen LogP contribution is 2.53. The van der Waals surface area contributed by atoms with Crippen molar-refractivity contribution < 1.29 is 31.3 Å². The van der Waals surface area contributed by atoms with E-state index in [2.05, 4.69) is 4.18 Å². The molecule has 0 aromatic carbocycles. The van der Waals surface area contributed by atoms with Crippen LogP contribution in [0.25, 0.3) is 0 Å². The van der Waals surface area contributed by atoms with Crippen molar-refractivity contribution in [3.05, 3.63) is 0 Å². The number of carbonyl (C=O) groups is 1. The summed E-state index contributed by atoms with van der Waals surface area (Å²) in [6.07, 6.45) is -2.29. The van der Waals surface area contributed by atoms with Crippen LogP contribution in [-0.2, 0) is 14.5 Å². The van der Waals surface area contributed by atoms with E-state index in [9.17, 15) is 22.0 Å². The molecule has 0 aromatic heterocycles. The lowest BCUT2D eigenvalue weighted by Crippen LogP contribution is -2.40. The quantitative estimate of drug-likeness (QED) is 0.714. The van der Waals surface area contributed by atoms with Crippen molar-refractivity contribution in [2.24, 2.45) is 5.92 Å². The molecule has 86 valence electrons. The van der Waals surface area contributed by atoms with Gasteiger partial charge < -0.3 is 5.11 Å². The Kier molecular flexibility index (Phi) is 1.96. The van der Waals surface area contributed by atoms with Gasteiger partial charge in [-0.05, 0) is 0 Å². The highest BCUT2D eigenvalue weighted by molar-refractivity contribution is 7.85. The molecular weight excluding hydrogens is 236 g/mol. The minimum atomic E-state index is -4.39. The molecule has 1 heterocycles. The van der Waals surface area contributed by atoms with E-state index >= 15 is 0 Å². The van der Waals surface area contributed by atoms with Crippen LogP contribution in [0.15, 0.2) is 0 Å². The molecular formula is C6H7F2NO5S. The zero-order valence-electron chi connectivity index (χ0n) is 7.26. The van der Waals surface area contributed by atoms with Gasteiger partial charge >= 0.3 is 16.4 Å². The molecule has 2 aliphatic rings. The first-order valence-electron chi connectivity index (χ1n) is 4.05. The predicted molar refractivity (Wildman–Crippen MR) is 41.6 cm³/mol. The first-order chi connectivity index (χ1) is 6.76. The highest BCUT2D eigenvalue weighted by atomic mass is 32.2. The highest BCUT2D eigenvalue weighted by Gasteiger charge is 2.65. The van der Waals surface area contributed by atoms with Crippen molar-refractivity contribution in [1.82, 2.24) is 4.31 Å². The average molecular weight is 243 g/mol. The number of carboxylic acid groups (broad SMARTS) is 1. The predicted octanol–water partition coefficient (Wildman–Crippen LogP) is 0.265. The molecule has 9 heteroatoms. The maximum Gasteiger partial charge on any atom is 0.423 e. The minimum absolute atomic E-state index is 0.0292. The van der Waals surface area contributed by atoms with Gasteiger partial charge in [-0.15, -0.1) is 0 Å². The first kappa shape index (κ1) is 10.6. The number of alkyl halides is 2. The van der Waals surface area contributed by atoms with Crippen molar-refractivity contribution in [3.63, 3.8) is 0 Å². The number of halogens is 2. The molecule has 15 heavy (non-hydrogen) atoms. The normalized spacial score (nSPS) is 36.5. The van der Waals surface area contributed by atoms with Crippen molar-refractivity contribution in [1.29, 1.82) is 0 Å². The Hall–Kier alpha value is -0.960. The molecule has 1 saturated heterocycles. The molecule has 2 atom stereocenters. The van der Waals surface area contributed by atoms with Crippen LogP contribution in [0.3, 0.4) is 0 Å². The van der Waals surface area contributed by atoms with Crippen LogP contribution in [-0.4, -0.2) is 42.5 Å². The monoisotopic (exact) mass is 243 g/mol. The SMILES string of the molecule is O=C(O)N1[C@@H](C2CC2(F)F)COS1(=O)=O. The summed E-state index contributed by atoms with van der Waals surface area (Å²) in [5, 5.41) is 8.59. The van der Waals surface area contributed by atoms with E-state index in [0.717, 1.165) is 0 Å². The van der Waals surface area contributed by atoms with Crippen molar-refractivity contribution in [2.75, 3.05) is 6.61 Å². The van der Waals surface area contributed by atoms with Gasteiger partial charge in [0.25, 0.3) is 5.92 Å². The molecule has 0 aromatic rings. The molecule has 1 aliphatic carbocycles. The lowest BCUT2D eigenvalue weighted by Gasteiger charge is -2.16. The van der Waals surface area contributed by atoms with E-state index in [-0.39, 0.29) is 4.31 Å². The smallest absolute Gasteiger partial charge is 0.423 e. The molecule has 6 nitrogen and oxygen atoms in total. The van der Waals surface area contributed by atoms with Crippen LogP contribution in [0.4, 0.5) is 13.6 Å². The zero-order chi connectivity index (χ0) is 11.4. The average Bonchev–Trinajstić information content (AvgIpc) is 2.52. The Morgan fingerprint density at radius 2 is 2.07 bits per heavy atom. The Bertz CT molecular complexity index is 408. The number of amides is 1. The van der Waals surface area contributed by atoms with E-state index in [1.165, 1.54) is 0 Å². The van der Waals surface area contributed by atoms with Crippen LogP contribution < -0.4 is 0 Å². The summed E-state index contributed by atoms with van der Waals surface area (Å²) in [4.78, 5) is 10.6. The third-order valence-corrected chi connectivity index (χ3v) is 3.80. The molecule has 0 spiro atoms. The summed E-state index contributed by atoms with van der Waals surface area (Å²) in [6, 6.07) is -1.30. The fourth-order valence-electron chi connectivity index (χ4n) is 1.61. The third-order valence-electron chi connectivity index (χ3n) is 2.46. The second-order valence-electron chi connectivity index (χ2n) is 3.46. The molecule has 1 N–H and O–H groups in total. The number of hydrogen-bond donors (Lipinski definition) is 1. The van der Waals surface area contributed by atoms with Gasteiger partial charge in [-0.2, -0.15) is 12.7 Å². The van der Waals surface area contributed by atoms with Gasteiger partial charge in [0, 0.05) is 6.42 Å². The molecule has 1 aliphatic heterocycles. The van der Waals surface area contributed by atoms with Gasteiger partial charge in [0.05, 0.1) is 18.6 Å². The molecule has 1 amide bonds. The minimum Gasteiger partial charge on any atom is -0.464 e. The summed E-state index contributed by atoms with van der Waals surface area (Å²) < 4.78 is 51.6. The van der Waals surface area contributed by atoms with Gasteiger partial charge in [0.15, 0.2) is 0 Å². The molecule has 0 radical (unpaired) electrons. The van der Waals surface area contributed by atoms with E-state index in [1.54, 1.807) is 0 Å². The molecule has 0 bridgehead atoms. The molecule has 2 rings (SSSR count). The second-order valence-corrected chi connectivity index (χ2v) is 4.94. The summed E-state index contributed by atoms with van der Waals surface area (Å²) in [5.41, 5.74) is 0. The van der Waals surface area contributed by atoms with Gasteiger partial charge in [0.1, 0.15) is 0 Å². The summed E-state index contributed by atoms with van der Waals surface area (Å²) in [6.45, 7) is -0.533. The largest absolute Gasteiger partial charge is 0.464 e. The van der Waals surface area contributed by atoms with Gasteiger partial charge in [-0.1, -0.05) is 0 Å². The Morgan fingerprint density at radius 3 is 2.47 bits per heavy atom. The van der Waals surface area contributed by atoms with E-state index in [4.69, 9.17) is 5.11 Å². The second kappa shape index (κ2) is 2.79. The van der Waals surface area contributed by atoms with Crippen molar-refractivity contribution in [2.45, 2.75) is 18.4 Å². The maximum atomic E-state index is 12.7. The maximum absolute atomic E-state index is 12.7. The Morgan fingerprint density at radius 1 is 1.53 bits per heavy atom. The van der Waals surface area contributed by atoms with Crippen LogP contribution in [0, 0.1) is 5.92 Å². The summed E-state index contributed by atoms with van der Waals surface area (Å²) in [7, 11) is -4.39. The van der Waals surface area contributed by atoms with E-state index in [0.29, 0.717) is 0 Å². The van der Waals surface area contributed by atoms with E-state index < -0.39 is 47.3 Å². The fraction of sp³-hybridized carbons (Fsp3) is 0.833. The fourth-order valence-corrected chi connectivity index (χ4v) is 2.77. The summed E-state index contributed by atoms with van der Waals surface area (Å²) >= 11 is 0. The van der Waals surface area contributed by atoms with Gasteiger partial charge in [-0.25, -0.2) is 13.6 Å². The van der Waals surface area contributed by atoms with Crippen LogP contribution in [0.2, 0.25) is 0 Å². The summed E-state index contributed by atoms with van der Waals surface area (Å²) in [5.74, 6) is -4.24. The lowest BCUT2D eigenvalue weighted by molar-refractivity contribution is 0.0790. The van der Waals surface area contributed by atoms with Crippen LogP contribution in [0.1, 0.15) is 6.42 Å². The topological polar surface area (TPSA) is 83.9 Å². The van der Waals surface area contributed by atoms with E-state index in [1.807, 2.05) is 0 Å². The van der Waals surface area contributed by atoms with Gasteiger partial charge in [0.2, 0.25) is 0 Å². The number of nitrogens with zero attached hydrogens (tertiary/aromatic N) is 1. The Balaban J connectivity index is 2.25. The Labute approximate surface area is 83.7 Å². The molecule has 1 unspecified atom stereocenters. The number of hydrogen-bond acceptors (Lipinski definition) is 4. The van der Waals surface area contributed by atoms with Gasteiger partial charge in [-0.3, -0.25) is 4.18 Å². The molecule has 2 fully saturated rings. The van der Waals surface area contributed by atoms with Crippen molar-refractivity contribution in [3.8, 4) is 0 Å². The number of rotatable bonds is 1. The lowest BCUT2D eigenvalue weighted by atomic mass is 10.2. The first-order valence-corrected chi connectivity index (χ1v) is 5.42. The van der Waals surface area contributed by atoms with Crippen LogP contribution in [0.5, 0.6) is 0 Å². The standard InChI is InChI=1S/C6H7F2NO5S/c7-6(8)1-3(6)4-2-14-15(12,13)9(4)5(10)11/h3-4H,1-2H2,(H,10,11)/t3?,4-/m1/s1. The van der Waals surface area contributed by atoms with Crippen LogP contribution >= 0.6 is 0 Å². The van der Waals surface area contributed by atoms with Crippen molar-refractivity contribution >= 4 is 16.4 Å². The third kappa shape index (κ3) is 1.55. The molecule has 1 saturated carbocycles. The zero-order valence-corrected chi connectivity index (χ0v) is 8.08.